The number of hydrogen-bond donors (Lipinski definition) is 1. The third-order valence-electron chi connectivity index (χ3n) is 0.163. The molecule has 0 aliphatic heterocycles. The SMILES string of the molecule is C[P+]([S-])=NN. The van der Waals surface area contributed by atoms with Crippen LogP contribution >= 0.6 is 6.92 Å². The van der Waals surface area contributed by atoms with Crippen molar-refractivity contribution >= 4 is 19.2 Å². The molecule has 0 saturated heterocycles. The average Bonchev–Trinajstić information content (AvgIpc) is 1.38. The number of nitrogens with zero attached hydrogens (tertiary/aromatic N) is 1. The first-order valence-electron chi connectivity index (χ1n) is 1.09. The lowest BCUT2D eigenvalue weighted by Crippen LogP contribution is -1.69. The third-order valence-corrected chi connectivity index (χ3v) is 0.771. The minimum atomic E-state index is -0.612. The summed E-state index contributed by atoms with van der Waals surface area (Å²) in [7, 11) is 0. The highest BCUT2D eigenvalue weighted by Crippen LogP contribution is 2.09. The van der Waals surface area contributed by atoms with E-state index in [0.717, 1.165) is 0 Å². The summed E-state index contributed by atoms with van der Waals surface area (Å²) >= 11 is 4.55. The molecule has 2 N–H and O–H groups in total. The van der Waals surface area contributed by atoms with Gasteiger partial charge in [-0.05, 0) is 4.85 Å². The van der Waals surface area contributed by atoms with Crippen molar-refractivity contribution in [3.63, 3.8) is 0 Å². The molecule has 5 heavy (non-hydrogen) atoms. The van der Waals surface area contributed by atoms with Crippen molar-refractivity contribution in [2.75, 3.05) is 6.66 Å². The smallest absolute Gasteiger partial charge is 0.0969 e. The van der Waals surface area contributed by atoms with Crippen molar-refractivity contribution < 1.29 is 0 Å². The van der Waals surface area contributed by atoms with Gasteiger partial charge in [0.2, 0.25) is 0 Å². The maximum Gasteiger partial charge on any atom is 0.0969 e. The normalized spacial score (nSPS) is 12.2. The molecule has 0 spiro atoms. The highest BCUT2D eigenvalue weighted by atomic mass is 32.7. The standard InChI is InChI=1S/CH5N2PS/c1-4(5)3-2/h2H2,1H3. The molecule has 0 rings (SSSR count). The summed E-state index contributed by atoms with van der Waals surface area (Å²) in [6, 6.07) is 0. The van der Waals surface area contributed by atoms with Gasteiger partial charge in [-0.15, -0.1) is 0 Å². The van der Waals surface area contributed by atoms with Gasteiger partial charge in [-0.25, -0.2) is 0 Å². The summed E-state index contributed by atoms with van der Waals surface area (Å²) in [6.45, 7) is 1.20. The molecule has 1 atom stereocenters. The van der Waals surface area contributed by atoms with E-state index in [-0.39, 0.29) is 0 Å². The van der Waals surface area contributed by atoms with Gasteiger partial charge in [-0.2, -0.15) is 5.84 Å². The largest absolute Gasteiger partial charge is 0.467 e. The molecule has 0 aromatic rings. The van der Waals surface area contributed by atoms with Crippen LogP contribution in [0.4, 0.5) is 0 Å². The maximum atomic E-state index is 4.72. The molecule has 30 valence electrons. The van der Waals surface area contributed by atoms with Crippen LogP contribution in [0, 0.1) is 0 Å². The fraction of sp³-hybridized carbons (Fsp3) is 1.00. The maximum absolute atomic E-state index is 4.72. The summed E-state index contributed by atoms with van der Waals surface area (Å²) in [5.41, 5.74) is 0. The van der Waals surface area contributed by atoms with Crippen LogP contribution < -0.4 is 5.84 Å². The van der Waals surface area contributed by atoms with Gasteiger partial charge in [0.25, 0.3) is 0 Å². The van der Waals surface area contributed by atoms with E-state index < -0.39 is 6.92 Å². The molecular formula is CH5N2PS. The van der Waals surface area contributed by atoms with Crippen LogP contribution in [-0.4, -0.2) is 6.66 Å². The lowest BCUT2D eigenvalue weighted by molar-refractivity contribution is 1.29. The van der Waals surface area contributed by atoms with E-state index in [1.165, 1.54) is 0 Å². The molecule has 2 nitrogen and oxygen atoms in total. The van der Waals surface area contributed by atoms with Gasteiger partial charge < -0.3 is 12.2 Å². The van der Waals surface area contributed by atoms with E-state index >= 15 is 0 Å². The first kappa shape index (κ1) is 5.41. The molecular weight excluding hydrogens is 103 g/mol. The van der Waals surface area contributed by atoms with E-state index in [1.54, 1.807) is 0 Å². The summed E-state index contributed by atoms with van der Waals surface area (Å²) < 4.78 is 0. The Balaban J connectivity index is 3.14. The fourth-order valence-electron chi connectivity index (χ4n) is 0. The zero-order valence-corrected chi connectivity index (χ0v) is 4.59. The Morgan fingerprint density at radius 2 is 2.20 bits per heavy atom. The molecule has 0 aromatic carbocycles. The Morgan fingerprint density at radius 1 is 2.00 bits per heavy atom. The third kappa shape index (κ3) is 4.41. The average molecular weight is 108 g/mol. The van der Waals surface area contributed by atoms with Crippen LogP contribution in [0.3, 0.4) is 0 Å². The Kier molecular flexibility index (Phi) is 2.85. The predicted octanol–water partition coefficient (Wildman–Crippen LogP) is 0.617. The second-order valence-electron chi connectivity index (χ2n) is 0.580. The van der Waals surface area contributed by atoms with Crippen molar-refractivity contribution in [2.24, 2.45) is 10.7 Å². The minimum Gasteiger partial charge on any atom is -0.467 e. The van der Waals surface area contributed by atoms with Crippen LogP contribution in [0.5, 0.6) is 0 Å². The predicted molar refractivity (Wildman–Crippen MR) is 26.8 cm³/mol. The zero-order chi connectivity index (χ0) is 4.28. The van der Waals surface area contributed by atoms with Gasteiger partial charge in [0, 0.05) is 0 Å². The van der Waals surface area contributed by atoms with Crippen molar-refractivity contribution in [3.8, 4) is 0 Å². The van der Waals surface area contributed by atoms with Crippen LogP contribution in [0.1, 0.15) is 0 Å². The molecule has 0 bridgehead atoms. The number of rotatable bonds is 0. The molecule has 0 heterocycles. The molecule has 0 amide bonds. The van der Waals surface area contributed by atoms with Crippen molar-refractivity contribution in [3.05, 3.63) is 0 Å². The van der Waals surface area contributed by atoms with Gasteiger partial charge in [-0.1, -0.05) is 0 Å². The molecule has 0 saturated carbocycles. The van der Waals surface area contributed by atoms with Gasteiger partial charge in [0.1, 0.15) is 0 Å². The van der Waals surface area contributed by atoms with Gasteiger partial charge in [0.15, 0.2) is 0 Å². The Bertz CT molecular complexity index is 47.6. The molecule has 1 unspecified atom stereocenters. The highest BCUT2D eigenvalue weighted by Gasteiger charge is 1.64. The van der Waals surface area contributed by atoms with Crippen LogP contribution in [0.15, 0.2) is 4.85 Å². The van der Waals surface area contributed by atoms with Crippen molar-refractivity contribution in [1.29, 1.82) is 0 Å². The molecule has 4 heteroatoms. The van der Waals surface area contributed by atoms with E-state index in [2.05, 4.69) is 17.1 Å². The fourth-order valence-corrected chi connectivity index (χ4v) is 0. The Morgan fingerprint density at radius 3 is 2.20 bits per heavy atom. The molecule has 0 aliphatic rings. The molecule has 0 aliphatic carbocycles. The van der Waals surface area contributed by atoms with Crippen LogP contribution in [0.2, 0.25) is 0 Å². The van der Waals surface area contributed by atoms with Crippen LogP contribution in [-0.2, 0) is 12.2 Å². The van der Waals surface area contributed by atoms with Crippen molar-refractivity contribution in [1.82, 2.24) is 0 Å². The van der Waals surface area contributed by atoms with E-state index in [9.17, 15) is 0 Å². The summed E-state index contributed by atoms with van der Waals surface area (Å²) in [5, 5.41) is 0. The topological polar surface area (TPSA) is 38.4 Å². The summed E-state index contributed by atoms with van der Waals surface area (Å²) in [6.07, 6.45) is 0. The Labute approximate surface area is 37.4 Å². The summed E-state index contributed by atoms with van der Waals surface area (Å²) in [4.78, 5) is 3.27. The van der Waals surface area contributed by atoms with Crippen LogP contribution in [0.25, 0.3) is 0 Å². The van der Waals surface area contributed by atoms with E-state index in [4.69, 9.17) is 5.84 Å². The van der Waals surface area contributed by atoms with Gasteiger partial charge in [0.05, 0.1) is 13.6 Å². The van der Waals surface area contributed by atoms with E-state index in [0.29, 0.717) is 0 Å². The number of hydrogen-bond acceptors (Lipinski definition) is 2. The zero-order valence-electron chi connectivity index (χ0n) is 2.88. The molecule has 0 fully saturated rings. The van der Waals surface area contributed by atoms with Gasteiger partial charge >= 0.3 is 0 Å². The minimum absolute atomic E-state index is 0.612. The second-order valence-corrected chi connectivity index (χ2v) is 3.32. The van der Waals surface area contributed by atoms with Crippen molar-refractivity contribution in [2.45, 2.75) is 0 Å². The quantitative estimate of drug-likeness (QED) is 0.214. The highest BCUT2D eigenvalue weighted by molar-refractivity contribution is 8.28. The monoisotopic (exact) mass is 108 g/mol. The first-order valence-corrected chi connectivity index (χ1v) is 3.84. The summed E-state index contributed by atoms with van der Waals surface area (Å²) in [5.74, 6) is 4.72. The molecule has 0 radical (unpaired) electrons. The van der Waals surface area contributed by atoms with Gasteiger partial charge in [-0.3, -0.25) is 0 Å². The van der Waals surface area contributed by atoms with E-state index in [1.807, 2.05) is 6.66 Å². The Hall–Kier alpha value is 0.410. The number of nitrogens with two attached hydrogens (primary N) is 1. The molecule has 0 aromatic heterocycles. The second kappa shape index (κ2) is 2.64. The lowest BCUT2D eigenvalue weighted by Gasteiger charge is -1.73. The lowest BCUT2D eigenvalue weighted by atomic mass is 12.0. The first-order chi connectivity index (χ1) is 2.27.